The van der Waals surface area contributed by atoms with Crippen molar-refractivity contribution in [1.29, 1.82) is 0 Å². The molecule has 1 aromatic carbocycles. The van der Waals surface area contributed by atoms with E-state index in [0.29, 0.717) is 10.6 Å². The van der Waals surface area contributed by atoms with Crippen molar-refractivity contribution in [3.05, 3.63) is 34.9 Å². The van der Waals surface area contributed by atoms with Crippen molar-refractivity contribution in [2.75, 3.05) is 6.54 Å². The smallest absolute Gasteiger partial charge is 0.148 e. The highest BCUT2D eigenvalue weighted by Crippen LogP contribution is 2.33. The zero-order valence-electron chi connectivity index (χ0n) is 8.76. The summed E-state index contributed by atoms with van der Waals surface area (Å²) < 4.78 is 14.6. The first-order valence-corrected chi connectivity index (χ1v) is 5.67. The third kappa shape index (κ3) is 2.16. The topological polar surface area (TPSA) is 12.0 Å². The van der Waals surface area contributed by atoms with Crippen LogP contribution in [0.5, 0.6) is 0 Å². The molecule has 0 radical (unpaired) electrons. The second kappa shape index (κ2) is 4.11. The maximum absolute atomic E-state index is 14.6. The van der Waals surface area contributed by atoms with E-state index in [0.717, 1.165) is 19.4 Å². The van der Waals surface area contributed by atoms with Crippen molar-refractivity contribution in [3.8, 4) is 0 Å². The van der Waals surface area contributed by atoms with Gasteiger partial charge in [-0.15, -0.1) is 0 Å². The molecule has 1 aliphatic rings. The van der Waals surface area contributed by atoms with Crippen molar-refractivity contribution in [3.63, 3.8) is 0 Å². The largest absolute Gasteiger partial charge is 0.311 e. The second-order valence-electron chi connectivity index (χ2n) is 4.23. The van der Waals surface area contributed by atoms with E-state index in [1.807, 2.05) is 0 Å². The highest BCUT2D eigenvalue weighted by Gasteiger charge is 2.37. The molecule has 2 rings (SSSR count). The van der Waals surface area contributed by atoms with Gasteiger partial charge in [-0.2, -0.15) is 0 Å². The fourth-order valence-corrected chi connectivity index (χ4v) is 2.25. The first kappa shape index (κ1) is 10.9. The molecule has 2 atom stereocenters. The molecular formula is C12H15ClFN. The van der Waals surface area contributed by atoms with Crippen LogP contribution >= 0.6 is 11.6 Å². The van der Waals surface area contributed by atoms with Crippen LogP contribution in [0.3, 0.4) is 0 Å². The molecule has 0 spiro atoms. The summed E-state index contributed by atoms with van der Waals surface area (Å²) in [4.78, 5) is 0. The molecule has 2 unspecified atom stereocenters. The van der Waals surface area contributed by atoms with Gasteiger partial charge in [0, 0.05) is 11.1 Å². The van der Waals surface area contributed by atoms with Crippen LogP contribution in [0.4, 0.5) is 4.39 Å². The average molecular weight is 228 g/mol. The fraction of sp³-hybridized carbons (Fsp3) is 0.500. The summed E-state index contributed by atoms with van der Waals surface area (Å²) in [5.41, 5.74) is -0.604. The maximum atomic E-state index is 14.6. The van der Waals surface area contributed by atoms with E-state index < -0.39 is 5.67 Å². The van der Waals surface area contributed by atoms with Crippen LogP contribution in [0.2, 0.25) is 5.02 Å². The van der Waals surface area contributed by atoms with Gasteiger partial charge in [0.15, 0.2) is 0 Å². The predicted molar refractivity (Wildman–Crippen MR) is 60.9 cm³/mol. The van der Waals surface area contributed by atoms with Crippen molar-refractivity contribution in [2.45, 2.75) is 31.5 Å². The van der Waals surface area contributed by atoms with Gasteiger partial charge in [-0.1, -0.05) is 23.7 Å². The van der Waals surface area contributed by atoms with E-state index in [1.165, 1.54) is 0 Å². The number of halogens is 2. The van der Waals surface area contributed by atoms with Crippen LogP contribution < -0.4 is 5.32 Å². The Bertz CT molecular complexity index is 328. The molecule has 1 saturated heterocycles. The van der Waals surface area contributed by atoms with E-state index in [9.17, 15) is 4.39 Å². The third-order valence-corrected chi connectivity index (χ3v) is 3.38. The van der Waals surface area contributed by atoms with Crippen LogP contribution in [0.15, 0.2) is 24.3 Å². The Morgan fingerprint density at radius 3 is 2.60 bits per heavy atom. The van der Waals surface area contributed by atoms with Crippen molar-refractivity contribution in [1.82, 2.24) is 5.32 Å². The Morgan fingerprint density at radius 1 is 1.40 bits per heavy atom. The first-order chi connectivity index (χ1) is 7.10. The summed E-state index contributed by atoms with van der Waals surface area (Å²) in [5.74, 6) is 0. The van der Waals surface area contributed by atoms with E-state index in [-0.39, 0.29) is 6.04 Å². The van der Waals surface area contributed by atoms with Crippen LogP contribution in [0, 0.1) is 0 Å². The summed E-state index contributed by atoms with van der Waals surface area (Å²) in [6, 6.07) is 6.94. The van der Waals surface area contributed by atoms with Crippen LogP contribution in [-0.4, -0.2) is 12.6 Å². The minimum absolute atomic E-state index is 0.0707. The van der Waals surface area contributed by atoms with Gasteiger partial charge in [0.1, 0.15) is 5.67 Å². The average Bonchev–Trinajstić information content (AvgIpc) is 2.71. The van der Waals surface area contributed by atoms with Gasteiger partial charge in [-0.3, -0.25) is 0 Å². The van der Waals surface area contributed by atoms with Crippen molar-refractivity contribution in [2.24, 2.45) is 0 Å². The summed E-state index contributed by atoms with van der Waals surface area (Å²) in [6.45, 7) is 2.55. The Kier molecular flexibility index (Phi) is 2.98. The van der Waals surface area contributed by atoms with Crippen molar-refractivity contribution < 1.29 is 4.39 Å². The monoisotopic (exact) mass is 227 g/mol. The summed E-state index contributed by atoms with van der Waals surface area (Å²) in [7, 11) is 0. The van der Waals surface area contributed by atoms with Gasteiger partial charge in [0.25, 0.3) is 0 Å². The van der Waals surface area contributed by atoms with Gasteiger partial charge >= 0.3 is 0 Å². The Morgan fingerprint density at radius 2 is 2.07 bits per heavy atom. The lowest BCUT2D eigenvalue weighted by Gasteiger charge is -2.28. The molecule has 0 saturated carbocycles. The third-order valence-electron chi connectivity index (χ3n) is 3.12. The molecule has 15 heavy (non-hydrogen) atoms. The molecular weight excluding hydrogens is 213 g/mol. The first-order valence-electron chi connectivity index (χ1n) is 5.29. The number of rotatable bonds is 2. The van der Waals surface area contributed by atoms with E-state index in [1.54, 1.807) is 31.2 Å². The normalized spacial score (nSPS) is 25.1. The lowest BCUT2D eigenvalue weighted by atomic mass is 9.89. The zero-order chi connectivity index (χ0) is 10.9. The lowest BCUT2D eigenvalue weighted by molar-refractivity contribution is 0.137. The molecule has 0 aliphatic carbocycles. The van der Waals surface area contributed by atoms with Gasteiger partial charge in [-0.25, -0.2) is 4.39 Å². The number of nitrogens with one attached hydrogen (secondary N) is 1. The van der Waals surface area contributed by atoms with Crippen LogP contribution in [-0.2, 0) is 5.67 Å². The maximum Gasteiger partial charge on any atom is 0.148 e. The summed E-state index contributed by atoms with van der Waals surface area (Å²) in [5, 5.41) is 3.85. The Balaban J connectivity index is 2.23. The van der Waals surface area contributed by atoms with E-state index in [2.05, 4.69) is 5.32 Å². The lowest BCUT2D eigenvalue weighted by Crippen LogP contribution is -2.39. The SMILES string of the molecule is CC(F)(c1ccc(Cl)cc1)C1CCCN1. The van der Waals surface area contributed by atoms with Gasteiger partial charge in [-0.05, 0) is 44.0 Å². The van der Waals surface area contributed by atoms with E-state index in [4.69, 9.17) is 11.6 Å². The molecule has 3 heteroatoms. The molecule has 1 aliphatic heterocycles. The standard InChI is InChI=1S/C12H15ClFN/c1-12(14,11-3-2-8-15-11)9-4-6-10(13)7-5-9/h4-7,11,15H,2-3,8H2,1H3. The number of hydrogen-bond donors (Lipinski definition) is 1. The number of hydrogen-bond acceptors (Lipinski definition) is 1. The molecule has 0 aromatic heterocycles. The molecule has 1 N–H and O–H groups in total. The molecule has 1 heterocycles. The molecule has 1 aromatic rings. The van der Waals surface area contributed by atoms with Crippen LogP contribution in [0.25, 0.3) is 0 Å². The Labute approximate surface area is 94.6 Å². The molecule has 1 nitrogen and oxygen atoms in total. The number of benzene rings is 1. The van der Waals surface area contributed by atoms with E-state index >= 15 is 0 Å². The van der Waals surface area contributed by atoms with Gasteiger partial charge in [0.05, 0.1) is 0 Å². The molecule has 0 bridgehead atoms. The van der Waals surface area contributed by atoms with Crippen LogP contribution in [0.1, 0.15) is 25.3 Å². The van der Waals surface area contributed by atoms with Gasteiger partial charge in [0.2, 0.25) is 0 Å². The minimum Gasteiger partial charge on any atom is -0.311 e. The van der Waals surface area contributed by atoms with Gasteiger partial charge < -0.3 is 5.32 Å². The summed E-state index contributed by atoms with van der Waals surface area (Å²) in [6.07, 6.45) is 1.95. The second-order valence-corrected chi connectivity index (χ2v) is 4.67. The fourth-order valence-electron chi connectivity index (χ4n) is 2.12. The Hall–Kier alpha value is -0.600. The predicted octanol–water partition coefficient (Wildman–Crippen LogP) is 3.28. The molecule has 82 valence electrons. The number of alkyl halides is 1. The summed E-state index contributed by atoms with van der Waals surface area (Å²) >= 11 is 5.78. The minimum atomic E-state index is -1.30. The van der Waals surface area contributed by atoms with Crippen molar-refractivity contribution >= 4 is 11.6 Å². The zero-order valence-corrected chi connectivity index (χ0v) is 9.52. The molecule has 1 fully saturated rings. The highest BCUT2D eigenvalue weighted by molar-refractivity contribution is 6.30. The highest BCUT2D eigenvalue weighted by atomic mass is 35.5. The quantitative estimate of drug-likeness (QED) is 0.818. The molecule has 0 amide bonds.